The van der Waals surface area contributed by atoms with Crippen LogP contribution in [0.1, 0.15) is 83.3 Å². The predicted octanol–water partition coefficient (Wildman–Crippen LogP) is 15.1. The first kappa shape index (κ1) is 35.8. The van der Waals surface area contributed by atoms with Crippen molar-refractivity contribution in [2.24, 2.45) is 0 Å². The van der Waals surface area contributed by atoms with Gasteiger partial charge in [-0.15, -0.1) is 0 Å². The Bertz CT molecular complexity index is 2640. The number of aryl methyl sites for hydroxylation is 5. The molecule has 0 unspecified atom stereocenters. The maximum absolute atomic E-state index is 2.56. The summed E-state index contributed by atoms with van der Waals surface area (Å²) < 4.78 is 0. The number of anilines is 6. The highest BCUT2D eigenvalue weighted by molar-refractivity contribution is 5.95. The van der Waals surface area contributed by atoms with Crippen LogP contribution in [0.15, 0.2) is 133 Å². The highest BCUT2D eigenvalue weighted by Gasteiger charge is 2.44. The summed E-state index contributed by atoms with van der Waals surface area (Å²) in [5.41, 5.74) is 25.7. The van der Waals surface area contributed by atoms with E-state index in [4.69, 9.17) is 0 Å². The normalized spacial score (nSPS) is 14.2. The minimum Gasteiger partial charge on any atom is -0.310 e. The van der Waals surface area contributed by atoms with Crippen molar-refractivity contribution in [1.82, 2.24) is 0 Å². The maximum atomic E-state index is 2.56. The van der Waals surface area contributed by atoms with Gasteiger partial charge in [0.25, 0.3) is 0 Å². The maximum Gasteiger partial charge on any atom is 0.0467 e. The Labute approximate surface area is 334 Å². The van der Waals surface area contributed by atoms with Gasteiger partial charge in [-0.25, -0.2) is 0 Å². The van der Waals surface area contributed by atoms with Gasteiger partial charge in [0.05, 0.1) is 0 Å². The zero-order valence-corrected chi connectivity index (χ0v) is 34.6. The zero-order valence-electron chi connectivity index (χ0n) is 34.6. The third-order valence-corrected chi connectivity index (χ3v) is 12.6. The molecule has 0 heterocycles. The van der Waals surface area contributed by atoms with E-state index in [0.29, 0.717) is 0 Å². The minimum absolute atomic E-state index is 0.181. The van der Waals surface area contributed by atoms with E-state index < -0.39 is 0 Å². The van der Waals surface area contributed by atoms with Crippen molar-refractivity contribution in [1.29, 1.82) is 0 Å². The molecule has 0 aliphatic heterocycles. The summed E-state index contributed by atoms with van der Waals surface area (Å²) in [7, 11) is 0. The zero-order chi connectivity index (χ0) is 39.3. The van der Waals surface area contributed by atoms with E-state index in [1.54, 1.807) is 0 Å². The van der Waals surface area contributed by atoms with Crippen LogP contribution in [0.5, 0.6) is 0 Å². The minimum atomic E-state index is -0.185. The molecule has 0 spiro atoms. The lowest BCUT2D eigenvalue weighted by molar-refractivity contribution is 0.648. The van der Waals surface area contributed by atoms with E-state index in [9.17, 15) is 0 Å². The molecule has 0 aromatic heterocycles. The van der Waals surface area contributed by atoms with Gasteiger partial charge in [-0.2, -0.15) is 0 Å². The molecule has 0 atom stereocenters. The summed E-state index contributed by atoms with van der Waals surface area (Å²) in [6, 6.07) is 50.1. The molecule has 2 nitrogen and oxygen atoms in total. The predicted molar refractivity (Wildman–Crippen MR) is 239 cm³/mol. The molecule has 7 aromatic carbocycles. The van der Waals surface area contributed by atoms with E-state index in [1.165, 1.54) is 112 Å². The number of hydrogen-bond acceptors (Lipinski definition) is 2. The smallest absolute Gasteiger partial charge is 0.0467 e. The van der Waals surface area contributed by atoms with Crippen molar-refractivity contribution >= 4 is 34.1 Å². The fraction of sp³-hybridized carbons (Fsp3) is 0.222. The molecule has 7 aromatic rings. The summed E-state index contributed by atoms with van der Waals surface area (Å²) in [5.74, 6) is 0. The molecule has 9 rings (SSSR count). The van der Waals surface area contributed by atoms with Crippen molar-refractivity contribution < 1.29 is 0 Å². The Balaban J connectivity index is 1.19. The van der Waals surface area contributed by atoms with Gasteiger partial charge in [0.1, 0.15) is 0 Å². The van der Waals surface area contributed by atoms with E-state index in [0.717, 1.165) is 0 Å². The van der Waals surface area contributed by atoms with Gasteiger partial charge in [0.2, 0.25) is 0 Å². The third kappa shape index (κ3) is 5.53. The summed E-state index contributed by atoms with van der Waals surface area (Å²) in [6.07, 6.45) is 0. The number of benzene rings is 7. The number of rotatable bonds is 6. The number of hydrogen-bond donors (Lipinski definition) is 0. The molecule has 0 amide bonds. The monoisotopic (exact) mass is 728 g/mol. The molecule has 0 bridgehead atoms. The highest BCUT2D eigenvalue weighted by Crippen LogP contribution is 2.60. The van der Waals surface area contributed by atoms with Crippen LogP contribution in [0.3, 0.4) is 0 Å². The largest absolute Gasteiger partial charge is 0.310 e. The Hall–Kier alpha value is -5.86. The van der Waals surface area contributed by atoms with E-state index in [-0.39, 0.29) is 10.8 Å². The second kappa shape index (κ2) is 12.8. The molecule has 2 heteroatoms. The standard InChI is InChI=1S/C54H52N2/c1-33-15-11-19-39(25-33)55(40-20-12-16-34(2)26-40)43-23-24-45-47(30-43)53(7,8)49-32-46-50-37(5)29-44(31-48(50)54(9,10)52(46)38(6)51(45)49)56(41-21-13-17-35(3)27-41)42-22-14-18-36(4)28-42/h11-32H,1-10H3. The molecule has 2 aliphatic carbocycles. The Morgan fingerprint density at radius 3 is 1.27 bits per heavy atom. The third-order valence-electron chi connectivity index (χ3n) is 12.6. The molecule has 0 saturated heterocycles. The first-order valence-electron chi connectivity index (χ1n) is 20.1. The van der Waals surface area contributed by atoms with Gasteiger partial charge in [-0.05, 0) is 198 Å². The SMILES string of the molecule is Cc1cccc(N(c2cccc(C)c2)c2ccc3c(c2)C(C)(C)c2cc4c(c(C)c2-3)C(C)(C)c2cc(N(c3cccc(C)c3)c3cccc(C)c3)cc(C)c2-4)c1. The average molecular weight is 729 g/mol. The Morgan fingerprint density at radius 2 is 0.786 bits per heavy atom. The van der Waals surface area contributed by atoms with Crippen molar-refractivity contribution in [3.63, 3.8) is 0 Å². The summed E-state index contributed by atoms with van der Waals surface area (Å²) in [5, 5.41) is 0. The molecule has 0 fully saturated rings. The molecule has 56 heavy (non-hydrogen) atoms. The lowest BCUT2D eigenvalue weighted by atomic mass is 9.76. The Kier molecular flexibility index (Phi) is 8.22. The van der Waals surface area contributed by atoms with Gasteiger partial charge >= 0.3 is 0 Å². The first-order chi connectivity index (χ1) is 26.7. The second-order valence-corrected chi connectivity index (χ2v) is 17.5. The van der Waals surface area contributed by atoms with Crippen LogP contribution in [-0.4, -0.2) is 0 Å². The first-order valence-corrected chi connectivity index (χ1v) is 20.1. The summed E-state index contributed by atoms with van der Waals surface area (Å²) in [6.45, 7) is 23.1. The fourth-order valence-electron chi connectivity index (χ4n) is 10.1. The average Bonchev–Trinajstić information content (AvgIpc) is 3.52. The van der Waals surface area contributed by atoms with Gasteiger partial charge in [0.15, 0.2) is 0 Å². The highest BCUT2D eigenvalue weighted by atomic mass is 15.1. The van der Waals surface area contributed by atoms with Crippen molar-refractivity contribution in [2.75, 3.05) is 9.80 Å². The van der Waals surface area contributed by atoms with Gasteiger partial charge in [0, 0.05) is 45.0 Å². The molecule has 278 valence electrons. The molecule has 0 N–H and O–H groups in total. The molecular formula is C54H52N2. The topological polar surface area (TPSA) is 6.48 Å². The van der Waals surface area contributed by atoms with Crippen LogP contribution in [0, 0.1) is 41.5 Å². The van der Waals surface area contributed by atoms with E-state index in [2.05, 4.69) is 212 Å². The van der Waals surface area contributed by atoms with Crippen molar-refractivity contribution in [3.05, 3.63) is 189 Å². The van der Waals surface area contributed by atoms with Crippen LogP contribution in [0.25, 0.3) is 22.3 Å². The molecule has 0 radical (unpaired) electrons. The van der Waals surface area contributed by atoms with E-state index in [1.807, 2.05) is 0 Å². The lowest BCUT2D eigenvalue weighted by Gasteiger charge is -2.29. The van der Waals surface area contributed by atoms with Crippen LogP contribution in [-0.2, 0) is 10.8 Å². The molecular weight excluding hydrogens is 677 g/mol. The van der Waals surface area contributed by atoms with Crippen LogP contribution in [0.4, 0.5) is 34.1 Å². The van der Waals surface area contributed by atoms with Gasteiger partial charge < -0.3 is 9.80 Å². The summed E-state index contributed by atoms with van der Waals surface area (Å²) in [4.78, 5) is 4.86. The van der Waals surface area contributed by atoms with Gasteiger partial charge in [-0.3, -0.25) is 0 Å². The number of nitrogens with zero attached hydrogens (tertiary/aromatic N) is 2. The number of fused-ring (bicyclic) bond motifs is 6. The van der Waals surface area contributed by atoms with E-state index >= 15 is 0 Å². The molecule has 2 aliphatic rings. The summed E-state index contributed by atoms with van der Waals surface area (Å²) >= 11 is 0. The quantitative estimate of drug-likeness (QED) is 0.168. The lowest BCUT2D eigenvalue weighted by Crippen LogP contribution is -2.19. The van der Waals surface area contributed by atoms with Crippen LogP contribution < -0.4 is 9.80 Å². The van der Waals surface area contributed by atoms with Gasteiger partial charge in [-0.1, -0.05) is 82.3 Å². The van der Waals surface area contributed by atoms with Crippen molar-refractivity contribution in [2.45, 2.75) is 80.1 Å². The second-order valence-electron chi connectivity index (χ2n) is 17.5. The fourth-order valence-corrected chi connectivity index (χ4v) is 10.1. The Morgan fingerprint density at radius 1 is 0.357 bits per heavy atom. The molecule has 0 saturated carbocycles. The van der Waals surface area contributed by atoms with Crippen LogP contribution in [0.2, 0.25) is 0 Å². The van der Waals surface area contributed by atoms with Crippen LogP contribution >= 0.6 is 0 Å². The van der Waals surface area contributed by atoms with Crippen molar-refractivity contribution in [3.8, 4) is 22.3 Å².